The Morgan fingerprint density at radius 3 is 2.00 bits per heavy atom. The van der Waals surface area contributed by atoms with Crippen LogP contribution in [0.15, 0.2) is 0 Å². The van der Waals surface area contributed by atoms with Crippen LogP contribution in [0, 0.1) is 0 Å². The molecule has 12 heavy (non-hydrogen) atoms. The summed E-state index contributed by atoms with van der Waals surface area (Å²) in [6, 6.07) is 0. The average molecular weight is 209 g/mol. The molecule has 0 aromatic carbocycles. The molecule has 0 spiro atoms. The van der Waals surface area contributed by atoms with Crippen LogP contribution < -0.4 is 5.32 Å². The van der Waals surface area contributed by atoms with Crippen LogP contribution in [0.5, 0.6) is 0 Å². The first-order chi connectivity index (χ1) is 5.31. The van der Waals surface area contributed by atoms with Crippen LogP contribution >= 0.6 is 11.8 Å². The van der Waals surface area contributed by atoms with Crippen molar-refractivity contribution in [3.8, 4) is 0 Å². The van der Waals surface area contributed by atoms with Gasteiger partial charge in [-0.25, -0.2) is 0 Å². The number of nitrogens with one attached hydrogen (secondary N) is 1. The molecule has 0 aliphatic rings. The van der Waals surface area contributed by atoms with Crippen molar-refractivity contribution >= 4 is 11.8 Å². The first kappa shape index (κ1) is 12.0. The van der Waals surface area contributed by atoms with Gasteiger partial charge in [0.1, 0.15) is 0 Å². The fraction of sp³-hybridized carbons (Fsp3) is 1.00. The molecule has 0 aromatic rings. The summed E-state index contributed by atoms with van der Waals surface area (Å²) in [5.41, 5.74) is 0. The summed E-state index contributed by atoms with van der Waals surface area (Å²) in [6.45, 7) is 0.121. The van der Waals surface area contributed by atoms with Gasteiger partial charge in [0.15, 0.2) is 0 Å². The van der Waals surface area contributed by atoms with Gasteiger partial charge in [-0.15, -0.1) is 0 Å². The summed E-state index contributed by atoms with van der Waals surface area (Å²) in [5, 5.41) is -2.16. The van der Waals surface area contributed by atoms with Gasteiger partial charge in [0.25, 0.3) is 0 Å². The fourth-order valence-corrected chi connectivity index (χ4v) is 1.09. The number of halogens is 5. The van der Waals surface area contributed by atoms with Gasteiger partial charge >= 0.3 is 11.4 Å². The number of rotatable bonds is 4. The Labute approximate surface area is 70.7 Å². The third kappa shape index (κ3) is 3.57. The molecule has 0 aromatic heterocycles. The molecule has 1 N–H and O–H groups in total. The van der Waals surface area contributed by atoms with E-state index >= 15 is 0 Å². The second-order valence-corrected chi connectivity index (χ2v) is 3.18. The van der Waals surface area contributed by atoms with Crippen molar-refractivity contribution in [2.45, 2.75) is 11.4 Å². The predicted molar refractivity (Wildman–Crippen MR) is 37.4 cm³/mol. The van der Waals surface area contributed by atoms with Crippen LogP contribution in [0.3, 0.4) is 0 Å². The molecule has 0 aliphatic carbocycles. The Morgan fingerprint density at radius 1 is 1.17 bits per heavy atom. The molecule has 7 heteroatoms. The summed E-state index contributed by atoms with van der Waals surface area (Å²) in [7, 11) is 1.48. The maximum absolute atomic E-state index is 12.1. The lowest BCUT2D eigenvalue weighted by atomic mass is 10.7. The zero-order valence-electron chi connectivity index (χ0n) is 6.21. The molecule has 0 atom stereocenters. The Hall–Kier alpha value is -0.0400. The van der Waals surface area contributed by atoms with E-state index in [4.69, 9.17) is 0 Å². The maximum Gasteiger partial charge on any atom is 0.464 e. The Balaban J connectivity index is 3.88. The molecule has 0 radical (unpaired) electrons. The summed E-state index contributed by atoms with van der Waals surface area (Å²) in [4.78, 5) is 0. The Morgan fingerprint density at radius 2 is 1.67 bits per heavy atom. The molecule has 0 rings (SSSR count). The highest BCUT2D eigenvalue weighted by molar-refractivity contribution is 8.00. The van der Waals surface area contributed by atoms with Crippen molar-refractivity contribution in [3.05, 3.63) is 0 Å². The Kier molecular flexibility index (Phi) is 4.25. The number of hydrogen-bond acceptors (Lipinski definition) is 2. The summed E-state index contributed by atoms with van der Waals surface area (Å²) in [5.74, 6) is -0.275. The lowest BCUT2D eigenvalue weighted by Gasteiger charge is -2.18. The van der Waals surface area contributed by atoms with E-state index in [1.165, 1.54) is 7.05 Å². The zero-order chi connectivity index (χ0) is 9.83. The normalized spacial score (nSPS) is 13.5. The van der Waals surface area contributed by atoms with E-state index in [-0.39, 0.29) is 12.3 Å². The topological polar surface area (TPSA) is 12.0 Å². The molecule has 0 saturated heterocycles. The predicted octanol–water partition coefficient (Wildman–Crippen LogP) is 2.09. The first-order valence-corrected chi connectivity index (χ1v) is 4.03. The minimum atomic E-state index is -5.45. The lowest BCUT2D eigenvalue weighted by Crippen LogP contribution is -2.33. The van der Waals surface area contributed by atoms with Crippen molar-refractivity contribution in [1.29, 1.82) is 0 Å². The molecule has 0 aliphatic heterocycles. The van der Waals surface area contributed by atoms with Crippen molar-refractivity contribution in [1.82, 2.24) is 5.32 Å². The van der Waals surface area contributed by atoms with Gasteiger partial charge in [0, 0.05) is 12.3 Å². The summed E-state index contributed by atoms with van der Waals surface area (Å²) in [6.07, 6.45) is -5.45. The Bertz CT molecular complexity index is 134. The quantitative estimate of drug-likeness (QED) is 0.562. The van der Waals surface area contributed by atoms with Gasteiger partial charge < -0.3 is 5.32 Å². The van der Waals surface area contributed by atoms with Crippen LogP contribution in [0.1, 0.15) is 0 Å². The van der Waals surface area contributed by atoms with Gasteiger partial charge in [-0.1, -0.05) is 11.8 Å². The third-order valence-corrected chi connectivity index (χ3v) is 1.97. The fourth-order valence-electron chi connectivity index (χ4n) is 0.363. The van der Waals surface area contributed by atoms with Crippen LogP contribution in [0.2, 0.25) is 0 Å². The molecule has 0 amide bonds. The highest BCUT2D eigenvalue weighted by Crippen LogP contribution is 2.43. The zero-order valence-corrected chi connectivity index (χ0v) is 7.03. The number of alkyl halides is 5. The second-order valence-electron chi connectivity index (χ2n) is 1.97. The highest BCUT2D eigenvalue weighted by Gasteiger charge is 2.57. The molecular weight excluding hydrogens is 201 g/mol. The van der Waals surface area contributed by atoms with Crippen LogP contribution in [0.25, 0.3) is 0 Å². The molecule has 0 saturated carbocycles. The molecule has 0 fully saturated rings. The first-order valence-electron chi connectivity index (χ1n) is 3.04. The third-order valence-electron chi connectivity index (χ3n) is 0.965. The van der Waals surface area contributed by atoms with E-state index in [0.717, 1.165) is 0 Å². The number of hydrogen-bond donors (Lipinski definition) is 1. The highest BCUT2D eigenvalue weighted by atomic mass is 32.2. The minimum Gasteiger partial charge on any atom is -0.319 e. The van der Waals surface area contributed by atoms with Gasteiger partial charge in [0.05, 0.1) is 0 Å². The van der Waals surface area contributed by atoms with Crippen molar-refractivity contribution in [2.75, 3.05) is 19.3 Å². The maximum atomic E-state index is 12.1. The molecule has 0 unspecified atom stereocenters. The monoisotopic (exact) mass is 209 g/mol. The van der Waals surface area contributed by atoms with E-state index in [9.17, 15) is 22.0 Å². The van der Waals surface area contributed by atoms with E-state index in [1.807, 2.05) is 0 Å². The second kappa shape index (κ2) is 4.27. The van der Waals surface area contributed by atoms with E-state index in [0.29, 0.717) is 0 Å². The lowest BCUT2D eigenvalue weighted by molar-refractivity contribution is -0.237. The van der Waals surface area contributed by atoms with Crippen LogP contribution in [-0.4, -0.2) is 30.8 Å². The SMILES string of the molecule is CNCCSC(F)(F)C(F)(F)F. The molecule has 0 heterocycles. The van der Waals surface area contributed by atoms with Gasteiger partial charge in [-0.2, -0.15) is 22.0 Å². The van der Waals surface area contributed by atoms with Crippen LogP contribution in [-0.2, 0) is 0 Å². The number of thioether (sulfide) groups is 1. The van der Waals surface area contributed by atoms with Crippen molar-refractivity contribution in [3.63, 3.8) is 0 Å². The smallest absolute Gasteiger partial charge is 0.319 e. The van der Waals surface area contributed by atoms with E-state index in [1.54, 1.807) is 0 Å². The van der Waals surface area contributed by atoms with Crippen molar-refractivity contribution in [2.24, 2.45) is 0 Å². The van der Waals surface area contributed by atoms with Gasteiger partial charge in [-0.05, 0) is 7.05 Å². The van der Waals surface area contributed by atoms with E-state index in [2.05, 4.69) is 5.32 Å². The average Bonchev–Trinajstić information content (AvgIpc) is 1.85. The summed E-state index contributed by atoms with van der Waals surface area (Å²) < 4.78 is 58.5. The van der Waals surface area contributed by atoms with Gasteiger partial charge in [0.2, 0.25) is 0 Å². The standard InChI is InChI=1S/C5H8F5NS/c1-11-2-3-12-5(9,10)4(6,7)8/h11H,2-3H2,1H3. The minimum absolute atomic E-state index is 0.121. The largest absolute Gasteiger partial charge is 0.464 e. The summed E-state index contributed by atoms with van der Waals surface area (Å²) >= 11 is -0.411. The van der Waals surface area contributed by atoms with Crippen LogP contribution in [0.4, 0.5) is 22.0 Å². The van der Waals surface area contributed by atoms with E-state index < -0.39 is 23.2 Å². The molecular formula is C5H8F5NS. The van der Waals surface area contributed by atoms with Gasteiger partial charge in [-0.3, -0.25) is 0 Å². The molecule has 74 valence electrons. The molecule has 1 nitrogen and oxygen atoms in total. The molecule has 0 bridgehead atoms. The van der Waals surface area contributed by atoms with Crippen molar-refractivity contribution < 1.29 is 22.0 Å².